The minimum Gasteiger partial charge on any atom is -0.380 e. The van der Waals surface area contributed by atoms with Gasteiger partial charge in [-0.3, -0.25) is 0 Å². The molecule has 2 fully saturated rings. The smallest absolute Gasteiger partial charge is 0.243 e. The van der Waals surface area contributed by atoms with E-state index in [1.54, 1.807) is 35.1 Å². The Hall–Kier alpha value is -1.06. The van der Waals surface area contributed by atoms with Gasteiger partial charge in [-0.05, 0) is 57.0 Å². The SMILES string of the molecule is CO[C@@H]1C[C@H]2CN(S(=O)(=O)c3ccc4ncsc4c3)C[C@H]2C[C@H]1N(C)C. The van der Waals surface area contributed by atoms with Crippen LogP contribution in [-0.4, -0.2) is 69.0 Å². The van der Waals surface area contributed by atoms with Gasteiger partial charge in [-0.2, -0.15) is 4.31 Å². The van der Waals surface area contributed by atoms with Crippen molar-refractivity contribution in [3.05, 3.63) is 23.7 Å². The van der Waals surface area contributed by atoms with Crippen LogP contribution in [-0.2, 0) is 14.8 Å². The summed E-state index contributed by atoms with van der Waals surface area (Å²) in [6, 6.07) is 5.58. The third-order valence-electron chi connectivity index (χ3n) is 5.96. The molecule has 0 radical (unpaired) electrons. The number of sulfonamides is 1. The van der Waals surface area contributed by atoms with Gasteiger partial charge in [0.2, 0.25) is 10.0 Å². The molecule has 0 N–H and O–H groups in total. The van der Waals surface area contributed by atoms with E-state index >= 15 is 0 Å². The standard InChI is InChI=1S/C18H25N3O3S2/c1-20(2)16-6-12-9-21(10-13(12)7-17(16)24-3)26(22,23)14-4-5-15-18(8-14)25-11-19-15/h4-5,8,11-13,16-17H,6-7,9-10H2,1-3H3/t12-,13+,16-,17-/m1/s1. The zero-order valence-corrected chi connectivity index (χ0v) is 17.0. The number of hydrogen-bond donors (Lipinski definition) is 0. The van der Waals surface area contributed by atoms with Gasteiger partial charge in [0.1, 0.15) is 0 Å². The maximum Gasteiger partial charge on any atom is 0.243 e. The molecule has 4 atom stereocenters. The Bertz CT molecular complexity index is 896. The molecule has 6 nitrogen and oxygen atoms in total. The summed E-state index contributed by atoms with van der Waals surface area (Å²) in [5.74, 6) is 0.772. The highest BCUT2D eigenvalue weighted by Gasteiger charge is 2.46. The molecule has 0 unspecified atom stereocenters. The second kappa shape index (κ2) is 6.83. The molecule has 2 heterocycles. The van der Waals surface area contributed by atoms with Gasteiger partial charge in [-0.1, -0.05) is 0 Å². The minimum atomic E-state index is -3.47. The molecular weight excluding hydrogens is 370 g/mol. The van der Waals surface area contributed by atoms with Crippen LogP contribution in [0.15, 0.2) is 28.6 Å². The monoisotopic (exact) mass is 395 g/mol. The van der Waals surface area contributed by atoms with Gasteiger partial charge in [-0.25, -0.2) is 13.4 Å². The number of fused-ring (bicyclic) bond motifs is 2. The second-order valence-electron chi connectivity index (χ2n) is 7.60. The van der Waals surface area contributed by atoms with Gasteiger partial charge < -0.3 is 9.64 Å². The summed E-state index contributed by atoms with van der Waals surface area (Å²) in [5.41, 5.74) is 2.60. The maximum absolute atomic E-state index is 13.2. The van der Waals surface area contributed by atoms with E-state index in [-0.39, 0.29) is 6.10 Å². The average Bonchev–Trinajstić information content (AvgIpc) is 3.25. The molecule has 1 aromatic heterocycles. The minimum absolute atomic E-state index is 0.169. The van der Waals surface area contributed by atoms with Crippen molar-refractivity contribution in [1.29, 1.82) is 0 Å². The van der Waals surface area contributed by atoms with Gasteiger partial charge in [0.25, 0.3) is 0 Å². The van der Waals surface area contributed by atoms with E-state index in [9.17, 15) is 8.42 Å². The molecule has 26 heavy (non-hydrogen) atoms. The quantitative estimate of drug-likeness (QED) is 0.795. The van der Waals surface area contributed by atoms with Gasteiger partial charge in [0.15, 0.2) is 0 Å². The van der Waals surface area contributed by atoms with Crippen LogP contribution in [0.3, 0.4) is 0 Å². The molecule has 142 valence electrons. The zero-order chi connectivity index (χ0) is 18.5. The lowest BCUT2D eigenvalue weighted by atomic mass is 9.77. The maximum atomic E-state index is 13.2. The van der Waals surface area contributed by atoms with Crippen LogP contribution in [0, 0.1) is 11.8 Å². The van der Waals surface area contributed by atoms with E-state index in [1.165, 1.54) is 11.3 Å². The number of likely N-dealkylation sites (N-methyl/N-ethyl adjacent to an activating group) is 1. The highest BCUT2D eigenvalue weighted by molar-refractivity contribution is 7.89. The Labute approximate surface area is 158 Å². The molecule has 0 spiro atoms. The summed E-state index contributed by atoms with van der Waals surface area (Å²) >= 11 is 1.47. The third-order valence-corrected chi connectivity index (χ3v) is 8.58. The Morgan fingerprint density at radius 2 is 1.96 bits per heavy atom. The van der Waals surface area contributed by atoms with Crippen LogP contribution in [0.25, 0.3) is 10.2 Å². The van der Waals surface area contributed by atoms with Crippen molar-refractivity contribution in [3.63, 3.8) is 0 Å². The fourth-order valence-electron chi connectivity index (χ4n) is 4.49. The third kappa shape index (κ3) is 3.07. The second-order valence-corrected chi connectivity index (χ2v) is 10.4. The zero-order valence-electron chi connectivity index (χ0n) is 15.3. The topological polar surface area (TPSA) is 62.7 Å². The molecule has 0 amide bonds. The highest BCUT2D eigenvalue weighted by atomic mass is 32.2. The average molecular weight is 396 g/mol. The fourth-order valence-corrected chi connectivity index (χ4v) is 6.86. The summed E-state index contributed by atoms with van der Waals surface area (Å²) in [6.07, 6.45) is 2.07. The van der Waals surface area contributed by atoms with Gasteiger partial charge in [-0.15, -0.1) is 11.3 Å². The Morgan fingerprint density at radius 3 is 2.65 bits per heavy atom. The van der Waals surface area contributed by atoms with Crippen molar-refractivity contribution in [3.8, 4) is 0 Å². The molecule has 2 aromatic rings. The number of benzene rings is 1. The van der Waals surface area contributed by atoms with Gasteiger partial charge in [0.05, 0.1) is 26.7 Å². The van der Waals surface area contributed by atoms with Gasteiger partial charge in [0, 0.05) is 26.2 Å². The predicted molar refractivity (Wildman–Crippen MR) is 103 cm³/mol. The lowest BCUT2D eigenvalue weighted by molar-refractivity contribution is -0.0209. The van der Waals surface area contributed by atoms with Crippen molar-refractivity contribution in [2.75, 3.05) is 34.3 Å². The number of methoxy groups -OCH3 is 1. The molecule has 1 aromatic carbocycles. The van der Waals surface area contributed by atoms with Crippen LogP contribution in [0.4, 0.5) is 0 Å². The number of ether oxygens (including phenoxy) is 1. The predicted octanol–water partition coefficient (Wildman–Crippen LogP) is 2.27. The molecule has 1 saturated heterocycles. The summed E-state index contributed by atoms with van der Waals surface area (Å²) in [7, 11) is 2.44. The van der Waals surface area contributed by atoms with E-state index in [0.717, 1.165) is 23.1 Å². The Morgan fingerprint density at radius 1 is 1.23 bits per heavy atom. The van der Waals surface area contributed by atoms with E-state index in [2.05, 4.69) is 24.0 Å². The lowest BCUT2D eigenvalue weighted by Crippen LogP contribution is -2.47. The molecular formula is C18H25N3O3S2. The largest absolute Gasteiger partial charge is 0.380 e. The van der Waals surface area contributed by atoms with Crippen LogP contribution in [0.2, 0.25) is 0 Å². The van der Waals surface area contributed by atoms with Crippen LogP contribution in [0.5, 0.6) is 0 Å². The summed E-state index contributed by atoms with van der Waals surface area (Å²) in [5, 5.41) is 0. The van der Waals surface area contributed by atoms with E-state index in [4.69, 9.17) is 4.74 Å². The fraction of sp³-hybridized carbons (Fsp3) is 0.611. The van der Waals surface area contributed by atoms with E-state index in [1.807, 2.05) is 0 Å². The molecule has 1 saturated carbocycles. The lowest BCUT2D eigenvalue weighted by Gasteiger charge is -2.40. The van der Waals surface area contributed by atoms with Crippen LogP contribution in [0.1, 0.15) is 12.8 Å². The molecule has 1 aliphatic carbocycles. The van der Waals surface area contributed by atoms with E-state index in [0.29, 0.717) is 35.9 Å². The molecule has 4 rings (SSSR count). The molecule has 1 aliphatic heterocycles. The highest BCUT2D eigenvalue weighted by Crippen LogP contribution is 2.40. The first-order valence-corrected chi connectivity index (χ1v) is 11.2. The molecule has 8 heteroatoms. The summed E-state index contributed by atoms with van der Waals surface area (Å²) in [6.45, 7) is 1.20. The number of aromatic nitrogens is 1. The van der Waals surface area contributed by atoms with Crippen molar-refractivity contribution >= 4 is 31.6 Å². The Kier molecular flexibility index (Phi) is 4.81. The van der Waals surface area contributed by atoms with Crippen molar-refractivity contribution in [2.24, 2.45) is 11.8 Å². The van der Waals surface area contributed by atoms with Gasteiger partial charge >= 0.3 is 0 Å². The van der Waals surface area contributed by atoms with Crippen molar-refractivity contribution in [1.82, 2.24) is 14.2 Å². The van der Waals surface area contributed by atoms with Crippen molar-refractivity contribution in [2.45, 2.75) is 29.9 Å². The first-order valence-electron chi connectivity index (χ1n) is 8.92. The summed E-state index contributed by atoms with van der Waals surface area (Å²) < 4.78 is 34.6. The van der Waals surface area contributed by atoms with Crippen molar-refractivity contribution < 1.29 is 13.2 Å². The van der Waals surface area contributed by atoms with E-state index < -0.39 is 10.0 Å². The number of hydrogen-bond acceptors (Lipinski definition) is 6. The first kappa shape index (κ1) is 18.3. The summed E-state index contributed by atoms with van der Waals surface area (Å²) in [4.78, 5) is 6.82. The number of nitrogens with zero attached hydrogens (tertiary/aromatic N) is 3. The molecule has 0 bridgehead atoms. The Balaban J connectivity index is 1.57. The first-order chi connectivity index (χ1) is 12.4. The van der Waals surface area contributed by atoms with Crippen LogP contribution >= 0.6 is 11.3 Å². The number of thiazole rings is 1. The number of rotatable bonds is 4. The normalized spacial score (nSPS) is 30.2. The van der Waals surface area contributed by atoms with Crippen LogP contribution < -0.4 is 0 Å². The molecule has 2 aliphatic rings.